The molecule has 0 amide bonds. The molecular formula is C9H21NO2S. The van der Waals surface area contributed by atoms with Crippen LogP contribution in [0.5, 0.6) is 0 Å². The lowest BCUT2D eigenvalue weighted by molar-refractivity contribution is 0.0568. The molecule has 0 aliphatic heterocycles. The molecule has 2 atom stereocenters. The average molecular weight is 207 g/mol. The summed E-state index contributed by atoms with van der Waals surface area (Å²) >= 11 is 1.81. The summed E-state index contributed by atoms with van der Waals surface area (Å²) in [7, 11) is 1.99. The summed E-state index contributed by atoms with van der Waals surface area (Å²) in [5.74, 6) is 1.07. The van der Waals surface area contributed by atoms with Crippen molar-refractivity contribution in [1.82, 2.24) is 4.90 Å². The van der Waals surface area contributed by atoms with E-state index in [0.29, 0.717) is 12.6 Å². The van der Waals surface area contributed by atoms with Crippen LogP contribution in [0.2, 0.25) is 0 Å². The summed E-state index contributed by atoms with van der Waals surface area (Å²) < 4.78 is 0. The van der Waals surface area contributed by atoms with Gasteiger partial charge in [-0.15, -0.1) is 0 Å². The third kappa shape index (κ3) is 5.52. The third-order valence-corrected chi connectivity index (χ3v) is 2.88. The van der Waals surface area contributed by atoms with Crippen LogP contribution in [0, 0.1) is 0 Å². The molecular weight excluding hydrogens is 186 g/mol. The van der Waals surface area contributed by atoms with Gasteiger partial charge in [0, 0.05) is 18.3 Å². The molecule has 0 aromatic carbocycles. The second-order valence-electron chi connectivity index (χ2n) is 3.29. The highest BCUT2D eigenvalue weighted by molar-refractivity contribution is 7.98. The Labute approximate surface area is 85.1 Å². The molecule has 0 spiro atoms. The van der Waals surface area contributed by atoms with Gasteiger partial charge in [-0.2, -0.15) is 11.8 Å². The number of rotatable bonds is 7. The van der Waals surface area contributed by atoms with Crippen molar-refractivity contribution in [1.29, 1.82) is 0 Å². The second-order valence-corrected chi connectivity index (χ2v) is 4.20. The highest BCUT2D eigenvalue weighted by Crippen LogP contribution is 2.08. The van der Waals surface area contributed by atoms with E-state index in [2.05, 4.69) is 18.1 Å². The molecule has 0 fully saturated rings. The number of hydrogen-bond acceptors (Lipinski definition) is 4. The van der Waals surface area contributed by atoms with Crippen molar-refractivity contribution in [2.75, 3.05) is 32.2 Å². The van der Waals surface area contributed by atoms with E-state index in [1.54, 1.807) is 0 Å². The Morgan fingerprint density at radius 1 is 1.46 bits per heavy atom. The van der Waals surface area contributed by atoms with Crippen molar-refractivity contribution in [3.8, 4) is 0 Å². The maximum absolute atomic E-state index is 9.24. The zero-order valence-electron chi connectivity index (χ0n) is 8.73. The number of likely N-dealkylation sites (N-methyl/N-ethyl adjacent to an activating group) is 1. The molecule has 0 aromatic rings. The first-order chi connectivity index (χ1) is 6.15. The van der Waals surface area contributed by atoms with Gasteiger partial charge in [0.05, 0.1) is 12.7 Å². The number of nitrogens with zero attached hydrogens (tertiary/aromatic N) is 1. The second kappa shape index (κ2) is 7.62. The molecule has 0 radical (unpaired) electrons. The van der Waals surface area contributed by atoms with Crippen LogP contribution in [-0.2, 0) is 0 Å². The SMILES string of the molecule is CCC(CSC)N(C)CC(O)CO. The summed E-state index contributed by atoms with van der Waals surface area (Å²) in [6.07, 6.45) is 2.55. The molecule has 0 saturated heterocycles. The lowest BCUT2D eigenvalue weighted by Gasteiger charge is -2.27. The number of hydrogen-bond donors (Lipinski definition) is 2. The maximum Gasteiger partial charge on any atom is 0.0897 e. The molecule has 80 valence electrons. The molecule has 0 aliphatic rings. The molecule has 4 heteroatoms. The molecule has 2 N–H and O–H groups in total. The lowest BCUT2D eigenvalue weighted by atomic mass is 10.2. The van der Waals surface area contributed by atoms with Gasteiger partial charge in [0.25, 0.3) is 0 Å². The Balaban J connectivity index is 3.82. The summed E-state index contributed by atoms with van der Waals surface area (Å²) in [6, 6.07) is 0.496. The fourth-order valence-corrected chi connectivity index (χ4v) is 2.16. The molecule has 0 heterocycles. The highest BCUT2D eigenvalue weighted by Gasteiger charge is 2.14. The van der Waals surface area contributed by atoms with Crippen molar-refractivity contribution < 1.29 is 10.2 Å². The molecule has 0 aromatic heterocycles. The van der Waals surface area contributed by atoms with Crippen LogP contribution in [0.1, 0.15) is 13.3 Å². The fourth-order valence-electron chi connectivity index (χ4n) is 1.29. The van der Waals surface area contributed by atoms with E-state index >= 15 is 0 Å². The van der Waals surface area contributed by atoms with Crippen LogP contribution in [0.3, 0.4) is 0 Å². The molecule has 2 unspecified atom stereocenters. The van der Waals surface area contributed by atoms with Crippen molar-refractivity contribution in [3.05, 3.63) is 0 Å². The fraction of sp³-hybridized carbons (Fsp3) is 1.00. The van der Waals surface area contributed by atoms with Crippen LogP contribution < -0.4 is 0 Å². The maximum atomic E-state index is 9.24. The van der Waals surface area contributed by atoms with Crippen molar-refractivity contribution in [2.45, 2.75) is 25.5 Å². The Morgan fingerprint density at radius 3 is 2.46 bits per heavy atom. The highest BCUT2D eigenvalue weighted by atomic mass is 32.2. The van der Waals surface area contributed by atoms with E-state index in [4.69, 9.17) is 5.11 Å². The van der Waals surface area contributed by atoms with Gasteiger partial charge in [-0.3, -0.25) is 4.90 Å². The number of aliphatic hydroxyl groups is 2. The first kappa shape index (κ1) is 13.2. The van der Waals surface area contributed by atoms with E-state index in [0.717, 1.165) is 12.2 Å². The quantitative estimate of drug-likeness (QED) is 0.635. The molecule has 0 rings (SSSR count). The lowest BCUT2D eigenvalue weighted by Crippen LogP contribution is -2.39. The van der Waals surface area contributed by atoms with Gasteiger partial charge in [0.15, 0.2) is 0 Å². The minimum absolute atomic E-state index is 0.153. The zero-order chi connectivity index (χ0) is 10.3. The Bertz CT molecular complexity index is 124. The largest absolute Gasteiger partial charge is 0.394 e. The monoisotopic (exact) mass is 207 g/mol. The predicted octanol–water partition coefficient (Wildman–Crippen LogP) is 0.413. The van der Waals surface area contributed by atoms with Gasteiger partial charge < -0.3 is 10.2 Å². The smallest absolute Gasteiger partial charge is 0.0897 e. The van der Waals surface area contributed by atoms with Crippen molar-refractivity contribution in [2.24, 2.45) is 0 Å². The normalized spacial score (nSPS) is 16.2. The summed E-state index contributed by atoms with van der Waals surface area (Å²) in [5.41, 5.74) is 0. The van der Waals surface area contributed by atoms with E-state index in [1.165, 1.54) is 0 Å². The van der Waals surface area contributed by atoms with Gasteiger partial charge in [0.2, 0.25) is 0 Å². The van der Waals surface area contributed by atoms with Crippen LogP contribution in [-0.4, -0.2) is 59.5 Å². The predicted molar refractivity (Wildman–Crippen MR) is 58.2 cm³/mol. The Morgan fingerprint density at radius 2 is 2.08 bits per heavy atom. The summed E-state index contributed by atoms with van der Waals surface area (Å²) in [6.45, 7) is 2.54. The molecule has 0 saturated carbocycles. The van der Waals surface area contributed by atoms with E-state index in [1.807, 2.05) is 18.8 Å². The van der Waals surface area contributed by atoms with Gasteiger partial charge in [0.1, 0.15) is 0 Å². The Hall–Kier alpha value is 0.230. The first-order valence-electron chi connectivity index (χ1n) is 4.63. The van der Waals surface area contributed by atoms with Crippen LogP contribution in [0.4, 0.5) is 0 Å². The number of thioether (sulfide) groups is 1. The van der Waals surface area contributed by atoms with E-state index in [9.17, 15) is 5.11 Å². The van der Waals surface area contributed by atoms with E-state index < -0.39 is 6.10 Å². The molecule has 0 bridgehead atoms. The topological polar surface area (TPSA) is 43.7 Å². The molecule has 13 heavy (non-hydrogen) atoms. The molecule has 3 nitrogen and oxygen atoms in total. The zero-order valence-corrected chi connectivity index (χ0v) is 9.55. The standard InChI is InChI=1S/C9H21NO2S/c1-4-8(7-13-3)10(2)5-9(12)6-11/h8-9,11-12H,4-7H2,1-3H3. The van der Waals surface area contributed by atoms with Gasteiger partial charge in [-0.25, -0.2) is 0 Å². The summed E-state index contributed by atoms with van der Waals surface area (Å²) in [5, 5.41) is 17.9. The minimum Gasteiger partial charge on any atom is -0.394 e. The Kier molecular flexibility index (Phi) is 7.75. The van der Waals surface area contributed by atoms with Gasteiger partial charge in [-0.05, 0) is 19.7 Å². The van der Waals surface area contributed by atoms with Crippen molar-refractivity contribution in [3.63, 3.8) is 0 Å². The van der Waals surface area contributed by atoms with Crippen LogP contribution in [0.15, 0.2) is 0 Å². The first-order valence-corrected chi connectivity index (χ1v) is 6.03. The van der Waals surface area contributed by atoms with Gasteiger partial charge in [-0.1, -0.05) is 6.92 Å². The minimum atomic E-state index is -0.610. The van der Waals surface area contributed by atoms with Crippen molar-refractivity contribution >= 4 is 11.8 Å². The van der Waals surface area contributed by atoms with Gasteiger partial charge >= 0.3 is 0 Å². The number of aliphatic hydroxyl groups excluding tert-OH is 2. The van der Waals surface area contributed by atoms with Crippen LogP contribution >= 0.6 is 11.8 Å². The third-order valence-electron chi connectivity index (χ3n) is 2.16. The van der Waals surface area contributed by atoms with E-state index in [-0.39, 0.29) is 6.61 Å². The van der Waals surface area contributed by atoms with Crippen LogP contribution in [0.25, 0.3) is 0 Å². The summed E-state index contributed by atoms with van der Waals surface area (Å²) in [4.78, 5) is 2.11. The molecule has 0 aliphatic carbocycles. The average Bonchev–Trinajstić information content (AvgIpc) is 2.13.